The van der Waals surface area contributed by atoms with Crippen molar-refractivity contribution in [2.24, 2.45) is 0 Å². The zero-order valence-electron chi connectivity index (χ0n) is 7.77. The van der Waals surface area contributed by atoms with E-state index in [2.05, 4.69) is 5.32 Å². The molecule has 0 fully saturated rings. The molecule has 4 N–H and O–H groups in total. The number of hydrogen-bond acceptors (Lipinski definition) is 4. The van der Waals surface area contributed by atoms with Gasteiger partial charge in [0, 0.05) is 19.2 Å². The van der Waals surface area contributed by atoms with E-state index in [0.717, 1.165) is 0 Å². The molecule has 6 nitrogen and oxygen atoms in total. The van der Waals surface area contributed by atoms with Crippen molar-refractivity contribution < 1.29 is 24.9 Å². The highest BCUT2D eigenvalue weighted by Gasteiger charge is 2.12. The number of hydrogen-bond donors (Lipinski definition) is 4. The minimum Gasteiger partial charge on any atom is -0.481 e. The Bertz CT molecular complexity index is 194. The lowest BCUT2D eigenvalue weighted by atomic mass is 10.1. The van der Waals surface area contributed by atoms with Gasteiger partial charge >= 0.3 is 11.9 Å². The van der Waals surface area contributed by atoms with E-state index in [9.17, 15) is 9.59 Å². The summed E-state index contributed by atoms with van der Waals surface area (Å²) in [5, 5.41) is 28.2. The lowest BCUT2D eigenvalue weighted by Crippen LogP contribution is -2.33. The third-order valence-corrected chi connectivity index (χ3v) is 1.67. The fourth-order valence-electron chi connectivity index (χ4n) is 1.03. The van der Waals surface area contributed by atoms with Crippen molar-refractivity contribution in [1.29, 1.82) is 0 Å². The fraction of sp³-hybridized carbons (Fsp3) is 0.750. The van der Waals surface area contributed by atoms with Gasteiger partial charge in [0.15, 0.2) is 0 Å². The Balaban J connectivity index is 3.72. The van der Waals surface area contributed by atoms with Crippen LogP contribution in [0.2, 0.25) is 0 Å². The number of aliphatic hydroxyl groups is 1. The Morgan fingerprint density at radius 3 is 2.29 bits per heavy atom. The molecular weight excluding hydrogens is 190 g/mol. The minimum atomic E-state index is -0.966. The standard InChI is InChI=1S/C8H15NO5/c10-4-2-6(5-8(13)14)9-3-1-7(11)12/h6,9-10H,1-5H2,(H,11,12)(H,13,14). The lowest BCUT2D eigenvalue weighted by Gasteiger charge is -2.14. The van der Waals surface area contributed by atoms with E-state index in [-0.39, 0.29) is 32.0 Å². The van der Waals surface area contributed by atoms with Crippen LogP contribution in [0.5, 0.6) is 0 Å². The van der Waals surface area contributed by atoms with Crippen molar-refractivity contribution in [1.82, 2.24) is 5.32 Å². The monoisotopic (exact) mass is 205 g/mol. The van der Waals surface area contributed by atoms with Crippen molar-refractivity contribution in [3.05, 3.63) is 0 Å². The smallest absolute Gasteiger partial charge is 0.304 e. The number of carbonyl (C=O) groups is 2. The molecule has 0 aromatic carbocycles. The van der Waals surface area contributed by atoms with Crippen LogP contribution in [0.15, 0.2) is 0 Å². The average molecular weight is 205 g/mol. The van der Waals surface area contributed by atoms with E-state index < -0.39 is 11.9 Å². The molecule has 82 valence electrons. The van der Waals surface area contributed by atoms with Crippen LogP contribution >= 0.6 is 0 Å². The summed E-state index contributed by atoms with van der Waals surface area (Å²) in [6.45, 7) is 0.102. The Kier molecular flexibility index (Phi) is 6.69. The summed E-state index contributed by atoms with van der Waals surface area (Å²) >= 11 is 0. The normalized spacial score (nSPS) is 12.4. The number of aliphatic carboxylic acids is 2. The SMILES string of the molecule is O=C(O)CCNC(CCO)CC(=O)O. The lowest BCUT2D eigenvalue weighted by molar-refractivity contribution is -0.137. The highest BCUT2D eigenvalue weighted by molar-refractivity contribution is 5.68. The van der Waals surface area contributed by atoms with Gasteiger partial charge in [0.05, 0.1) is 12.8 Å². The van der Waals surface area contributed by atoms with Crippen molar-refractivity contribution >= 4 is 11.9 Å². The molecule has 0 saturated heterocycles. The second-order valence-corrected chi connectivity index (χ2v) is 2.90. The highest BCUT2D eigenvalue weighted by atomic mass is 16.4. The number of rotatable bonds is 8. The summed E-state index contributed by atoms with van der Waals surface area (Å²) in [7, 11) is 0. The number of carboxylic acid groups (broad SMARTS) is 2. The van der Waals surface area contributed by atoms with Crippen molar-refractivity contribution in [2.75, 3.05) is 13.2 Å². The van der Waals surface area contributed by atoms with E-state index in [4.69, 9.17) is 15.3 Å². The largest absolute Gasteiger partial charge is 0.481 e. The number of nitrogens with one attached hydrogen (secondary N) is 1. The van der Waals surface area contributed by atoms with Crippen molar-refractivity contribution in [3.8, 4) is 0 Å². The highest BCUT2D eigenvalue weighted by Crippen LogP contribution is 1.97. The van der Waals surface area contributed by atoms with Crippen LogP contribution in [-0.4, -0.2) is 46.5 Å². The first-order valence-corrected chi connectivity index (χ1v) is 4.34. The number of carboxylic acids is 2. The van der Waals surface area contributed by atoms with Crippen LogP contribution in [0.25, 0.3) is 0 Å². The van der Waals surface area contributed by atoms with Crippen LogP contribution in [-0.2, 0) is 9.59 Å². The predicted molar refractivity (Wildman–Crippen MR) is 48.0 cm³/mol. The molecule has 0 rings (SSSR count). The van der Waals surface area contributed by atoms with Gasteiger partial charge in [-0.15, -0.1) is 0 Å². The predicted octanol–water partition coefficient (Wildman–Crippen LogP) is -0.724. The van der Waals surface area contributed by atoms with E-state index in [1.54, 1.807) is 0 Å². The van der Waals surface area contributed by atoms with Crippen LogP contribution < -0.4 is 5.32 Å². The molecule has 6 heteroatoms. The molecule has 0 amide bonds. The third-order valence-electron chi connectivity index (χ3n) is 1.67. The quantitative estimate of drug-likeness (QED) is 0.416. The van der Waals surface area contributed by atoms with Gasteiger partial charge in [-0.05, 0) is 6.42 Å². The van der Waals surface area contributed by atoms with Crippen molar-refractivity contribution in [3.63, 3.8) is 0 Å². The molecule has 0 aromatic heterocycles. The average Bonchev–Trinajstić information content (AvgIpc) is 2.02. The summed E-state index contributed by atoms with van der Waals surface area (Å²) in [4.78, 5) is 20.5. The van der Waals surface area contributed by atoms with Crippen LogP contribution in [0.3, 0.4) is 0 Å². The maximum atomic E-state index is 10.3. The summed E-state index contributed by atoms with van der Waals surface area (Å²) in [5.41, 5.74) is 0. The molecule has 0 aliphatic heterocycles. The van der Waals surface area contributed by atoms with Gasteiger partial charge in [0.1, 0.15) is 0 Å². The minimum absolute atomic E-state index is 0.0540. The molecule has 1 atom stereocenters. The Morgan fingerprint density at radius 1 is 1.21 bits per heavy atom. The third kappa shape index (κ3) is 7.51. The fourth-order valence-corrected chi connectivity index (χ4v) is 1.03. The molecule has 0 bridgehead atoms. The maximum Gasteiger partial charge on any atom is 0.304 e. The molecule has 0 heterocycles. The van der Waals surface area contributed by atoms with Crippen LogP contribution in [0.1, 0.15) is 19.3 Å². The molecule has 0 aliphatic carbocycles. The van der Waals surface area contributed by atoms with Gasteiger partial charge in [-0.3, -0.25) is 9.59 Å². The molecular formula is C8H15NO5. The second kappa shape index (κ2) is 7.28. The van der Waals surface area contributed by atoms with Gasteiger partial charge in [0.2, 0.25) is 0 Å². The van der Waals surface area contributed by atoms with Gasteiger partial charge in [-0.1, -0.05) is 0 Å². The second-order valence-electron chi connectivity index (χ2n) is 2.90. The van der Waals surface area contributed by atoms with Gasteiger partial charge < -0.3 is 20.6 Å². The van der Waals surface area contributed by atoms with Crippen LogP contribution in [0, 0.1) is 0 Å². The summed E-state index contributed by atoms with van der Waals surface area (Å²) in [5.74, 6) is -1.90. The van der Waals surface area contributed by atoms with Gasteiger partial charge in [-0.25, -0.2) is 0 Å². The molecule has 0 saturated carbocycles. The first-order chi connectivity index (χ1) is 6.56. The molecule has 0 aliphatic rings. The van der Waals surface area contributed by atoms with Crippen LogP contribution in [0.4, 0.5) is 0 Å². The molecule has 14 heavy (non-hydrogen) atoms. The van der Waals surface area contributed by atoms with E-state index >= 15 is 0 Å². The maximum absolute atomic E-state index is 10.3. The molecule has 0 radical (unpaired) electrons. The Morgan fingerprint density at radius 2 is 1.86 bits per heavy atom. The summed E-state index contributed by atoms with van der Waals surface area (Å²) in [6.07, 6.45) is 0.146. The zero-order valence-corrected chi connectivity index (χ0v) is 7.77. The van der Waals surface area contributed by atoms with E-state index in [1.165, 1.54) is 0 Å². The van der Waals surface area contributed by atoms with E-state index in [1.807, 2.05) is 0 Å². The summed E-state index contributed by atoms with van der Waals surface area (Å²) in [6, 6.07) is -0.364. The molecule has 0 spiro atoms. The molecule has 1 unspecified atom stereocenters. The van der Waals surface area contributed by atoms with Gasteiger partial charge in [0.25, 0.3) is 0 Å². The van der Waals surface area contributed by atoms with Gasteiger partial charge in [-0.2, -0.15) is 0 Å². The topological polar surface area (TPSA) is 107 Å². The summed E-state index contributed by atoms with van der Waals surface area (Å²) < 4.78 is 0. The number of aliphatic hydroxyl groups excluding tert-OH is 1. The Labute approximate surface area is 81.5 Å². The Hall–Kier alpha value is -1.14. The first-order valence-electron chi connectivity index (χ1n) is 4.34. The molecule has 0 aromatic rings. The van der Waals surface area contributed by atoms with Crippen molar-refractivity contribution in [2.45, 2.75) is 25.3 Å². The zero-order chi connectivity index (χ0) is 11.0. The van der Waals surface area contributed by atoms with E-state index in [0.29, 0.717) is 6.42 Å². The first kappa shape index (κ1) is 12.9.